The molecule has 0 atom stereocenters. The lowest BCUT2D eigenvalue weighted by Gasteiger charge is -2.17. The van der Waals surface area contributed by atoms with Gasteiger partial charge in [0.25, 0.3) is 0 Å². The normalized spacial score (nSPS) is 10.9. The fourth-order valence-electron chi connectivity index (χ4n) is 5.33. The first-order chi connectivity index (χ1) is 20.6. The van der Waals surface area contributed by atoms with E-state index in [2.05, 4.69) is 195 Å². The molecule has 0 radical (unpaired) electrons. The minimum absolute atomic E-state index is 0.135. The van der Waals surface area contributed by atoms with E-state index < -0.39 is 0 Å². The second-order valence-corrected chi connectivity index (χ2v) is 14.3. The van der Waals surface area contributed by atoms with Crippen LogP contribution in [-0.2, 0) is 0 Å². The maximum absolute atomic E-state index is 2.33. The number of aryl methyl sites for hydroxylation is 1. The van der Waals surface area contributed by atoms with Gasteiger partial charge in [-0.2, -0.15) is 0 Å². The van der Waals surface area contributed by atoms with Crippen LogP contribution in [0.25, 0.3) is 33.4 Å². The van der Waals surface area contributed by atoms with Crippen molar-refractivity contribution in [2.75, 3.05) is 0 Å². The van der Waals surface area contributed by atoms with Crippen molar-refractivity contribution < 1.29 is 0 Å². The predicted octanol–water partition coefficient (Wildman–Crippen LogP) is 10.4. The van der Waals surface area contributed by atoms with Gasteiger partial charge in [0.2, 0.25) is 6.71 Å². The minimum atomic E-state index is 0.135. The zero-order valence-corrected chi connectivity index (χ0v) is 29.0. The van der Waals surface area contributed by atoms with Crippen LogP contribution >= 0.6 is 60.3 Å². The maximum Gasteiger partial charge on any atom is 0.241 e. The highest BCUT2D eigenvalue weighted by Crippen LogP contribution is 2.29. The van der Waals surface area contributed by atoms with Gasteiger partial charge in [-0.05, 0) is 64.6 Å². The lowest BCUT2D eigenvalue weighted by atomic mass is 9.37. The molecule has 0 fully saturated rings. The molecule has 0 spiro atoms. The smallest absolute Gasteiger partial charge is 0.0686 e. The van der Waals surface area contributed by atoms with E-state index in [1.165, 1.54) is 65.1 Å². The summed E-state index contributed by atoms with van der Waals surface area (Å²) < 4.78 is 0. The molecule has 6 rings (SSSR count). The Morgan fingerprint density at radius 2 is 0.595 bits per heavy atom. The van der Waals surface area contributed by atoms with Crippen molar-refractivity contribution in [1.82, 2.24) is 0 Å². The van der Waals surface area contributed by atoms with Crippen molar-refractivity contribution in [3.05, 3.63) is 151 Å². The molecule has 0 heterocycles. The molecule has 0 saturated carbocycles. The summed E-state index contributed by atoms with van der Waals surface area (Å²) in [5.41, 5.74) is 12.6. The fraction of sp³-hybridized carbons (Fsp3) is 0.0270. The summed E-state index contributed by atoms with van der Waals surface area (Å²) in [6.07, 6.45) is 0. The molecule has 204 valence electrons. The SMILES string of the molecule is Cc1ccc(-c2ccc(B(c3ccc(-c4ccc(SI)cc4)cc3)c3ccc(-c4ccc(SI)cc4)cc3)cc2)cc1. The predicted molar refractivity (Wildman–Crippen MR) is 205 cm³/mol. The molecule has 0 amide bonds. The summed E-state index contributed by atoms with van der Waals surface area (Å²) in [5, 5.41) is 0. The maximum atomic E-state index is 2.33. The number of benzene rings is 6. The lowest BCUT2D eigenvalue weighted by Crippen LogP contribution is -2.51. The Hall–Kier alpha value is -2.46. The molecule has 42 heavy (non-hydrogen) atoms. The van der Waals surface area contributed by atoms with Gasteiger partial charge in [0.1, 0.15) is 0 Å². The van der Waals surface area contributed by atoms with E-state index in [0.717, 1.165) is 0 Å². The van der Waals surface area contributed by atoms with E-state index in [0.29, 0.717) is 0 Å². The van der Waals surface area contributed by atoms with Crippen molar-refractivity contribution in [2.24, 2.45) is 0 Å². The molecule has 6 aromatic rings. The van der Waals surface area contributed by atoms with Gasteiger partial charge >= 0.3 is 0 Å². The number of halogens is 2. The van der Waals surface area contributed by atoms with Crippen molar-refractivity contribution >= 4 is 83.4 Å². The van der Waals surface area contributed by atoms with Gasteiger partial charge in [-0.15, -0.1) is 0 Å². The third-order valence-electron chi connectivity index (χ3n) is 7.67. The van der Waals surface area contributed by atoms with Crippen molar-refractivity contribution in [3.8, 4) is 33.4 Å². The average Bonchev–Trinajstić information content (AvgIpc) is 3.06. The molecule has 0 aromatic heterocycles. The van der Waals surface area contributed by atoms with E-state index >= 15 is 0 Å². The fourth-order valence-corrected chi connectivity index (χ4v) is 7.56. The molecule has 0 saturated heterocycles. The number of rotatable bonds is 8. The molecule has 0 bridgehead atoms. The van der Waals surface area contributed by atoms with E-state index in [-0.39, 0.29) is 6.71 Å². The first-order valence-electron chi connectivity index (χ1n) is 13.8. The molecule has 0 aliphatic heterocycles. The van der Waals surface area contributed by atoms with Crippen molar-refractivity contribution in [3.63, 3.8) is 0 Å². The van der Waals surface area contributed by atoms with Crippen LogP contribution in [0.2, 0.25) is 0 Å². The number of hydrogen-bond donors (Lipinski definition) is 0. The summed E-state index contributed by atoms with van der Waals surface area (Å²) in [4.78, 5) is 2.54. The van der Waals surface area contributed by atoms with Crippen LogP contribution in [0, 0.1) is 6.92 Å². The average molecular weight is 800 g/mol. The Kier molecular flexibility index (Phi) is 9.79. The van der Waals surface area contributed by atoms with Crippen LogP contribution in [0.4, 0.5) is 0 Å². The third-order valence-corrected chi connectivity index (χ3v) is 11.6. The van der Waals surface area contributed by atoms with Gasteiger partial charge in [-0.25, -0.2) is 0 Å². The lowest BCUT2D eigenvalue weighted by molar-refractivity contribution is 1.47. The molecular formula is C37H27BI2S2. The Morgan fingerprint density at radius 3 is 0.857 bits per heavy atom. The second-order valence-electron chi connectivity index (χ2n) is 10.4. The van der Waals surface area contributed by atoms with Crippen LogP contribution in [0.1, 0.15) is 5.56 Å². The molecule has 6 aromatic carbocycles. The van der Waals surface area contributed by atoms with Crippen LogP contribution in [0.3, 0.4) is 0 Å². The van der Waals surface area contributed by atoms with E-state index in [9.17, 15) is 0 Å². The van der Waals surface area contributed by atoms with Crippen molar-refractivity contribution in [2.45, 2.75) is 16.7 Å². The standard InChI is InChI=1S/C37H27BI2S2/c1-26-2-4-27(5-3-26)28-6-16-33(17-7-28)38(34-18-8-29(9-19-34)31-12-22-36(41-39)23-13-31)35-20-10-30(11-21-35)32-14-24-37(42-40)25-15-32/h2-25H,1H3. The zero-order chi connectivity index (χ0) is 28.9. The first-order valence-corrected chi connectivity index (χ1v) is 20.5. The molecule has 0 nitrogen and oxygen atoms in total. The quantitative estimate of drug-likeness (QED) is 0.111. The van der Waals surface area contributed by atoms with Crippen LogP contribution in [0.5, 0.6) is 0 Å². The number of hydrogen-bond acceptors (Lipinski definition) is 2. The van der Waals surface area contributed by atoms with E-state index in [1.807, 2.05) is 0 Å². The first kappa shape index (κ1) is 29.6. The Morgan fingerprint density at radius 1 is 0.357 bits per heavy atom. The van der Waals surface area contributed by atoms with Crippen LogP contribution in [0.15, 0.2) is 155 Å². The summed E-state index contributed by atoms with van der Waals surface area (Å²) in [6.45, 7) is 2.27. The topological polar surface area (TPSA) is 0 Å². The van der Waals surface area contributed by atoms with Gasteiger partial charge in [-0.1, -0.05) is 161 Å². The summed E-state index contributed by atoms with van der Waals surface area (Å²) >= 11 is 4.66. The molecule has 0 aliphatic carbocycles. The minimum Gasteiger partial charge on any atom is -0.0686 e. The third kappa shape index (κ3) is 6.85. The second kappa shape index (κ2) is 13.9. The highest BCUT2D eigenvalue weighted by molar-refractivity contribution is 14.2. The molecule has 0 N–H and O–H groups in total. The highest BCUT2D eigenvalue weighted by Gasteiger charge is 2.22. The molecule has 0 aliphatic rings. The van der Waals surface area contributed by atoms with Crippen LogP contribution in [-0.4, -0.2) is 6.71 Å². The Balaban J connectivity index is 1.35. The molecule has 5 heteroatoms. The highest BCUT2D eigenvalue weighted by atomic mass is 127. The summed E-state index contributed by atoms with van der Waals surface area (Å²) in [5.74, 6) is 0. The Labute approximate surface area is 282 Å². The van der Waals surface area contributed by atoms with E-state index in [1.54, 1.807) is 17.9 Å². The van der Waals surface area contributed by atoms with Gasteiger partial charge in [-0.3, -0.25) is 0 Å². The van der Waals surface area contributed by atoms with Gasteiger partial charge in [0.15, 0.2) is 0 Å². The van der Waals surface area contributed by atoms with Crippen molar-refractivity contribution in [1.29, 1.82) is 0 Å². The molecule has 0 unspecified atom stereocenters. The van der Waals surface area contributed by atoms with E-state index in [4.69, 9.17) is 0 Å². The Bertz CT molecular complexity index is 1660. The van der Waals surface area contributed by atoms with Gasteiger partial charge < -0.3 is 0 Å². The monoisotopic (exact) mass is 800 g/mol. The van der Waals surface area contributed by atoms with Gasteiger partial charge in [0, 0.05) is 52.2 Å². The van der Waals surface area contributed by atoms with Gasteiger partial charge in [0.05, 0.1) is 0 Å². The largest absolute Gasteiger partial charge is 0.241 e. The molecular weight excluding hydrogens is 773 g/mol. The van der Waals surface area contributed by atoms with Crippen LogP contribution < -0.4 is 16.4 Å². The zero-order valence-electron chi connectivity index (χ0n) is 23.0. The summed E-state index contributed by atoms with van der Waals surface area (Å²) in [6, 6.07) is 53.7. The summed E-state index contributed by atoms with van der Waals surface area (Å²) in [7, 11) is 3.49.